The summed E-state index contributed by atoms with van der Waals surface area (Å²) < 4.78 is 3.14. The molecule has 0 bridgehead atoms. The van der Waals surface area contributed by atoms with Gasteiger partial charge in [-0.25, -0.2) is 0 Å². The van der Waals surface area contributed by atoms with Crippen molar-refractivity contribution < 1.29 is 0 Å². The van der Waals surface area contributed by atoms with E-state index in [1.165, 1.54) is 5.69 Å². The van der Waals surface area contributed by atoms with E-state index in [0.717, 1.165) is 36.1 Å². The van der Waals surface area contributed by atoms with Gasteiger partial charge in [-0.1, -0.05) is 13.8 Å². The number of nitrogens with zero attached hydrogens (tertiary/aromatic N) is 2. The average Bonchev–Trinajstić information content (AvgIpc) is 2.68. The normalized spacial score (nSPS) is 12.1. The van der Waals surface area contributed by atoms with Crippen LogP contribution in [0.5, 0.6) is 0 Å². The molecule has 0 aromatic carbocycles. The van der Waals surface area contributed by atoms with Crippen LogP contribution in [-0.4, -0.2) is 21.2 Å². The van der Waals surface area contributed by atoms with Gasteiger partial charge < -0.3 is 5.32 Å². The molecule has 0 saturated carbocycles. The maximum atomic E-state index is 6.11. The molecule has 0 saturated heterocycles. The summed E-state index contributed by atoms with van der Waals surface area (Å²) in [5.41, 5.74) is 2.27. The number of hydrogen-bond donors (Lipinski definition) is 1. The molecule has 1 aromatic heterocycles. The summed E-state index contributed by atoms with van der Waals surface area (Å²) in [7, 11) is 0. The molecule has 0 unspecified atom stereocenters. The number of aromatic nitrogens is 2. The molecule has 0 amide bonds. The van der Waals surface area contributed by atoms with Crippen LogP contribution in [-0.2, 0) is 13.1 Å². The first-order valence-corrected chi connectivity index (χ1v) is 7.89. The molecule has 1 N–H and O–H groups in total. The topological polar surface area (TPSA) is 29.9 Å². The first kappa shape index (κ1) is 16.0. The maximum Gasteiger partial charge on any atom is 0.0739 e. The fourth-order valence-electron chi connectivity index (χ4n) is 2.05. The van der Waals surface area contributed by atoms with Crippen LogP contribution in [0, 0.1) is 6.92 Å². The summed E-state index contributed by atoms with van der Waals surface area (Å²) >= 11 is 9.73. The molecular weight excluding hydrogens is 314 g/mol. The van der Waals surface area contributed by atoms with Gasteiger partial charge in [0.2, 0.25) is 0 Å². The third kappa shape index (κ3) is 3.28. The highest BCUT2D eigenvalue weighted by molar-refractivity contribution is 9.10. The summed E-state index contributed by atoms with van der Waals surface area (Å²) in [5.74, 6) is 0.636. The van der Waals surface area contributed by atoms with E-state index in [1.54, 1.807) is 0 Å². The van der Waals surface area contributed by atoms with Gasteiger partial charge in [0.1, 0.15) is 0 Å². The number of aryl methyl sites for hydroxylation is 2. The van der Waals surface area contributed by atoms with Gasteiger partial charge in [0.25, 0.3) is 0 Å². The first-order valence-electron chi connectivity index (χ1n) is 6.56. The van der Waals surface area contributed by atoms with Gasteiger partial charge >= 0.3 is 0 Å². The minimum atomic E-state index is 0.0255. The van der Waals surface area contributed by atoms with Crippen molar-refractivity contribution in [3.8, 4) is 0 Å². The van der Waals surface area contributed by atoms with E-state index in [0.29, 0.717) is 5.88 Å². The second kappa shape index (κ2) is 6.92. The lowest BCUT2D eigenvalue weighted by molar-refractivity contribution is 0.328. The average molecular weight is 337 g/mol. The smallest absolute Gasteiger partial charge is 0.0739 e. The van der Waals surface area contributed by atoms with Crippen LogP contribution < -0.4 is 5.32 Å². The van der Waals surface area contributed by atoms with E-state index in [4.69, 9.17) is 11.6 Å². The van der Waals surface area contributed by atoms with Crippen LogP contribution in [0.3, 0.4) is 0 Å². The third-order valence-electron chi connectivity index (χ3n) is 3.69. The minimum absolute atomic E-state index is 0.0255. The molecule has 0 aliphatic heterocycles. The molecule has 5 heteroatoms. The zero-order chi connectivity index (χ0) is 13.8. The minimum Gasteiger partial charge on any atom is -0.304 e. The summed E-state index contributed by atoms with van der Waals surface area (Å²) in [5, 5.41) is 8.11. The second-order valence-corrected chi connectivity index (χ2v) is 5.70. The van der Waals surface area contributed by atoms with Crippen LogP contribution in [0.25, 0.3) is 0 Å². The lowest BCUT2D eigenvalue weighted by atomic mass is 9.95. The van der Waals surface area contributed by atoms with Crippen LogP contribution in [0.15, 0.2) is 4.47 Å². The van der Waals surface area contributed by atoms with Gasteiger partial charge in [0.05, 0.1) is 15.9 Å². The molecular formula is C13H23BrClN3. The molecule has 0 aliphatic carbocycles. The highest BCUT2D eigenvalue weighted by atomic mass is 79.9. The summed E-state index contributed by atoms with van der Waals surface area (Å²) in [6.45, 7) is 10.2. The zero-order valence-electron chi connectivity index (χ0n) is 11.7. The molecule has 18 heavy (non-hydrogen) atoms. The van der Waals surface area contributed by atoms with Crippen LogP contribution >= 0.6 is 27.5 Å². The Morgan fingerprint density at radius 2 is 1.94 bits per heavy atom. The molecule has 104 valence electrons. The monoisotopic (exact) mass is 335 g/mol. The van der Waals surface area contributed by atoms with Crippen molar-refractivity contribution in [2.45, 2.75) is 59.2 Å². The number of nitrogens with one attached hydrogen (secondary N) is 1. The van der Waals surface area contributed by atoms with Gasteiger partial charge in [0, 0.05) is 24.5 Å². The Morgan fingerprint density at radius 1 is 1.33 bits per heavy atom. The predicted octanol–water partition coefficient (Wildman–Crippen LogP) is 3.86. The first-order chi connectivity index (χ1) is 8.53. The van der Waals surface area contributed by atoms with Crippen LogP contribution in [0.4, 0.5) is 0 Å². The molecule has 1 rings (SSSR count). The lowest BCUT2D eigenvalue weighted by Gasteiger charge is -2.31. The molecule has 0 radical (unpaired) electrons. The molecule has 1 heterocycles. The Morgan fingerprint density at radius 3 is 2.39 bits per heavy atom. The Balaban J connectivity index is 2.85. The fourth-order valence-corrected chi connectivity index (χ4v) is 2.94. The predicted molar refractivity (Wildman–Crippen MR) is 81.2 cm³/mol. The zero-order valence-corrected chi connectivity index (χ0v) is 14.0. The Labute approximate surface area is 123 Å². The van der Waals surface area contributed by atoms with Crippen molar-refractivity contribution in [2.24, 2.45) is 0 Å². The molecule has 1 aromatic rings. The summed E-state index contributed by atoms with van der Waals surface area (Å²) in [6.07, 6.45) is 2.06. The van der Waals surface area contributed by atoms with Crippen LogP contribution in [0.1, 0.15) is 45.0 Å². The van der Waals surface area contributed by atoms with Gasteiger partial charge in [-0.3, -0.25) is 4.68 Å². The molecule has 0 aliphatic rings. The quantitative estimate of drug-likeness (QED) is 0.766. The van der Waals surface area contributed by atoms with E-state index in [-0.39, 0.29) is 5.54 Å². The Hall–Kier alpha value is -0.0600. The van der Waals surface area contributed by atoms with E-state index >= 15 is 0 Å². The highest BCUT2D eigenvalue weighted by Gasteiger charge is 2.25. The van der Waals surface area contributed by atoms with E-state index in [1.807, 2.05) is 11.6 Å². The van der Waals surface area contributed by atoms with Crippen molar-refractivity contribution in [1.29, 1.82) is 0 Å². The lowest BCUT2D eigenvalue weighted by Crippen LogP contribution is -2.45. The molecule has 0 atom stereocenters. The maximum absolute atomic E-state index is 6.11. The molecule has 3 nitrogen and oxygen atoms in total. The molecule has 0 fully saturated rings. The van der Waals surface area contributed by atoms with Crippen LogP contribution in [0.2, 0.25) is 0 Å². The fraction of sp³-hybridized carbons (Fsp3) is 0.769. The molecule has 0 spiro atoms. The van der Waals surface area contributed by atoms with Crippen molar-refractivity contribution in [1.82, 2.24) is 15.1 Å². The van der Waals surface area contributed by atoms with Gasteiger partial charge in [-0.2, -0.15) is 5.10 Å². The van der Waals surface area contributed by atoms with Crippen molar-refractivity contribution >= 4 is 27.5 Å². The number of halogens is 2. The van der Waals surface area contributed by atoms with Gasteiger partial charge in [0.15, 0.2) is 0 Å². The third-order valence-corrected chi connectivity index (χ3v) is 5.24. The SMILES string of the molecule is CCn1nc(C)c(Br)c1CNC(CC)(CC)CCl. The Bertz CT molecular complexity index is 378. The Kier molecular flexibility index (Phi) is 6.15. The van der Waals surface area contributed by atoms with Crippen molar-refractivity contribution in [3.05, 3.63) is 15.9 Å². The summed E-state index contributed by atoms with van der Waals surface area (Å²) in [4.78, 5) is 0. The van der Waals surface area contributed by atoms with Crippen molar-refractivity contribution in [3.63, 3.8) is 0 Å². The van der Waals surface area contributed by atoms with E-state index in [9.17, 15) is 0 Å². The van der Waals surface area contributed by atoms with Gasteiger partial charge in [-0.15, -0.1) is 11.6 Å². The largest absolute Gasteiger partial charge is 0.304 e. The van der Waals surface area contributed by atoms with Crippen molar-refractivity contribution in [2.75, 3.05) is 5.88 Å². The number of hydrogen-bond acceptors (Lipinski definition) is 2. The van der Waals surface area contributed by atoms with E-state index in [2.05, 4.69) is 47.1 Å². The standard InChI is InChI=1S/C13H23BrClN3/c1-5-13(6-2,9-15)16-8-11-12(14)10(4)17-18(11)7-3/h16H,5-9H2,1-4H3. The van der Waals surface area contributed by atoms with E-state index < -0.39 is 0 Å². The second-order valence-electron chi connectivity index (χ2n) is 4.64. The number of alkyl halides is 1. The highest BCUT2D eigenvalue weighted by Crippen LogP contribution is 2.23. The van der Waals surface area contributed by atoms with Gasteiger partial charge in [-0.05, 0) is 42.6 Å². The summed E-state index contributed by atoms with van der Waals surface area (Å²) in [6, 6.07) is 0. The number of rotatable bonds is 7.